The van der Waals surface area contributed by atoms with Crippen LogP contribution in [0.3, 0.4) is 0 Å². The molecule has 23 heavy (non-hydrogen) atoms. The van der Waals surface area contributed by atoms with Crippen molar-refractivity contribution < 1.29 is 9.32 Å². The van der Waals surface area contributed by atoms with E-state index >= 15 is 0 Å². The maximum atomic E-state index is 12.2. The van der Waals surface area contributed by atoms with Crippen LogP contribution in [-0.4, -0.2) is 29.1 Å². The van der Waals surface area contributed by atoms with Gasteiger partial charge >= 0.3 is 0 Å². The Hall–Kier alpha value is -1.92. The van der Waals surface area contributed by atoms with Gasteiger partial charge in [-0.1, -0.05) is 16.8 Å². The molecule has 2 atom stereocenters. The van der Waals surface area contributed by atoms with Gasteiger partial charge in [-0.25, -0.2) is 0 Å². The van der Waals surface area contributed by atoms with Crippen molar-refractivity contribution in [1.82, 2.24) is 20.8 Å². The third-order valence-corrected chi connectivity index (χ3v) is 4.20. The van der Waals surface area contributed by atoms with Crippen LogP contribution in [0.2, 0.25) is 5.02 Å². The Balaban J connectivity index is 1.64. The number of carbonyl (C=O) groups excluding carboxylic acids is 1. The summed E-state index contributed by atoms with van der Waals surface area (Å²) in [4.78, 5) is 16.6. The quantitative estimate of drug-likeness (QED) is 0.898. The van der Waals surface area contributed by atoms with E-state index in [4.69, 9.17) is 16.1 Å². The number of aromatic nitrogens is 2. The number of hydrogen-bond acceptors (Lipinski definition) is 5. The first-order valence-electron chi connectivity index (χ1n) is 7.74. The van der Waals surface area contributed by atoms with Crippen molar-refractivity contribution in [2.24, 2.45) is 5.92 Å². The fourth-order valence-corrected chi connectivity index (χ4v) is 2.72. The van der Waals surface area contributed by atoms with Gasteiger partial charge in [-0.15, -0.1) is 0 Å². The summed E-state index contributed by atoms with van der Waals surface area (Å²) in [6.45, 7) is 3.56. The van der Waals surface area contributed by atoms with E-state index < -0.39 is 0 Å². The molecule has 2 N–H and O–H groups in total. The van der Waals surface area contributed by atoms with Crippen LogP contribution < -0.4 is 10.6 Å². The largest absolute Gasteiger partial charge is 0.346 e. The van der Waals surface area contributed by atoms with Crippen LogP contribution in [0.4, 0.5) is 0 Å². The molecule has 1 aliphatic rings. The van der Waals surface area contributed by atoms with E-state index in [0.29, 0.717) is 16.7 Å². The summed E-state index contributed by atoms with van der Waals surface area (Å²) in [5, 5.41) is 10.8. The SMILES string of the molecule is CC(NC(=O)C1CCCNC1)c1noc(-c2ccc(Cl)cc2)n1. The van der Waals surface area contributed by atoms with E-state index in [1.54, 1.807) is 12.1 Å². The van der Waals surface area contributed by atoms with Gasteiger partial charge in [0.2, 0.25) is 5.91 Å². The molecule has 3 rings (SSSR count). The number of benzene rings is 1. The molecule has 1 aliphatic heterocycles. The summed E-state index contributed by atoms with van der Waals surface area (Å²) in [6, 6.07) is 6.87. The Morgan fingerprint density at radius 2 is 2.22 bits per heavy atom. The number of nitrogens with one attached hydrogen (secondary N) is 2. The molecule has 0 aliphatic carbocycles. The maximum absolute atomic E-state index is 12.2. The molecule has 2 heterocycles. The zero-order chi connectivity index (χ0) is 16.2. The van der Waals surface area contributed by atoms with Crippen LogP contribution in [0.25, 0.3) is 11.5 Å². The van der Waals surface area contributed by atoms with Gasteiger partial charge in [-0.3, -0.25) is 4.79 Å². The number of nitrogens with zero attached hydrogens (tertiary/aromatic N) is 2. The van der Waals surface area contributed by atoms with Gasteiger partial charge < -0.3 is 15.2 Å². The molecular formula is C16H19ClN4O2. The Labute approximate surface area is 139 Å². The first-order chi connectivity index (χ1) is 11.1. The van der Waals surface area contributed by atoms with Crippen molar-refractivity contribution in [2.75, 3.05) is 13.1 Å². The highest BCUT2D eigenvalue weighted by atomic mass is 35.5. The molecule has 6 nitrogen and oxygen atoms in total. The number of rotatable bonds is 4. The minimum atomic E-state index is -0.297. The molecule has 2 unspecified atom stereocenters. The standard InChI is InChI=1S/C16H19ClN4O2/c1-10(19-15(22)12-3-2-8-18-9-12)14-20-16(23-21-14)11-4-6-13(17)7-5-11/h4-7,10,12,18H,2-3,8-9H2,1H3,(H,19,22). The average Bonchev–Trinajstić information content (AvgIpc) is 3.06. The van der Waals surface area contributed by atoms with Crippen molar-refractivity contribution >= 4 is 17.5 Å². The molecular weight excluding hydrogens is 316 g/mol. The second-order valence-electron chi connectivity index (χ2n) is 5.74. The predicted octanol–water partition coefficient (Wildman–Crippen LogP) is 2.57. The highest BCUT2D eigenvalue weighted by Crippen LogP contribution is 2.21. The van der Waals surface area contributed by atoms with Gasteiger partial charge in [0.05, 0.1) is 12.0 Å². The molecule has 1 aromatic heterocycles. The molecule has 0 bridgehead atoms. The Kier molecular flexibility index (Phi) is 4.93. The molecule has 1 fully saturated rings. The van der Waals surface area contributed by atoms with Gasteiger partial charge in [-0.2, -0.15) is 4.98 Å². The van der Waals surface area contributed by atoms with E-state index in [0.717, 1.165) is 31.5 Å². The van der Waals surface area contributed by atoms with Gasteiger partial charge in [0, 0.05) is 17.1 Å². The zero-order valence-corrected chi connectivity index (χ0v) is 13.6. The summed E-state index contributed by atoms with van der Waals surface area (Å²) in [5.41, 5.74) is 0.795. The van der Waals surface area contributed by atoms with Crippen LogP contribution in [0.1, 0.15) is 31.6 Å². The normalized spacial score (nSPS) is 19.3. The van der Waals surface area contributed by atoms with E-state index in [9.17, 15) is 4.79 Å². The third kappa shape index (κ3) is 3.89. The molecule has 2 aromatic rings. The average molecular weight is 335 g/mol. The Morgan fingerprint density at radius 1 is 1.43 bits per heavy atom. The molecule has 122 valence electrons. The molecule has 0 spiro atoms. The van der Waals surface area contributed by atoms with Gasteiger partial charge in [-0.05, 0) is 50.6 Å². The van der Waals surface area contributed by atoms with Crippen molar-refractivity contribution in [3.63, 3.8) is 0 Å². The van der Waals surface area contributed by atoms with Crippen LogP contribution in [0, 0.1) is 5.92 Å². The smallest absolute Gasteiger partial charge is 0.257 e. The van der Waals surface area contributed by atoms with E-state index in [2.05, 4.69) is 20.8 Å². The first kappa shape index (κ1) is 16.0. The van der Waals surface area contributed by atoms with E-state index in [-0.39, 0.29) is 17.9 Å². The lowest BCUT2D eigenvalue weighted by atomic mass is 9.98. The number of hydrogen-bond donors (Lipinski definition) is 2. The monoisotopic (exact) mass is 334 g/mol. The predicted molar refractivity (Wildman–Crippen MR) is 86.9 cm³/mol. The minimum Gasteiger partial charge on any atom is -0.346 e. The summed E-state index contributed by atoms with van der Waals surface area (Å²) >= 11 is 5.87. The molecule has 0 saturated carbocycles. The molecule has 1 amide bonds. The Morgan fingerprint density at radius 3 is 2.91 bits per heavy atom. The summed E-state index contributed by atoms with van der Waals surface area (Å²) in [6.07, 6.45) is 1.93. The number of piperidine rings is 1. The zero-order valence-electron chi connectivity index (χ0n) is 12.9. The van der Waals surface area contributed by atoms with E-state index in [1.807, 2.05) is 19.1 Å². The highest BCUT2D eigenvalue weighted by molar-refractivity contribution is 6.30. The summed E-state index contributed by atoms with van der Waals surface area (Å²) in [7, 11) is 0. The van der Waals surface area contributed by atoms with Gasteiger partial charge in [0.25, 0.3) is 5.89 Å². The fourth-order valence-electron chi connectivity index (χ4n) is 2.59. The van der Waals surface area contributed by atoms with Crippen molar-refractivity contribution in [3.8, 4) is 11.5 Å². The van der Waals surface area contributed by atoms with Crippen LogP contribution in [0.5, 0.6) is 0 Å². The fraction of sp³-hybridized carbons (Fsp3) is 0.438. The van der Waals surface area contributed by atoms with Crippen LogP contribution in [0.15, 0.2) is 28.8 Å². The van der Waals surface area contributed by atoms with Crippen molar-refractivity contribution in [1.29, 1.82) is 0 Å². The highest BCUT2D eigenvalue weighted by Gasteiger charge is 2.24. The Bertz CT molecular complexity index is 665. The van der Waals surface area contributed by atoms with Gasteiger partial charge in [0.1, 0.15) is 0 Å². The third-order valence-electron chi connectivity index (χ3n) is 3.95. The topological polar surface area (TPSA) is 80.0 Å². The lowest BCUT2D eigenvalue weighted by Gasteiger charge is -2.23. The number of carbonyl (C=O) groups is 1. The molecule has 1 saturated heterocycles. The summed E-state index contributed by atoms with van der Waals surface area (Å²) in [5.74, 6) is 0.917. The van der Waals surface area contributed by atoms with Crippen molar-refractivity contribution in [2.45, 2.75) is 25.8 Å². The molecule has 7 heteroatoms. The van der Waals surface area contributed by atoms with Gasteiger partial charge in [0.15, 0.2) is 5.82 Å². The maximum Gasteiger partial charge on any atom is 0.257 e. The van der Waals surface area contributed by atoms with Crippen LogP contribution >= 0.6 is 11.6 Å². The second-order valence-corrected chi connectivity index (χ2v) is 6.17. The molecule has 0 radical (unpaired) electrons. The van der Waals surface area contributed by atoms with Crippen molar-refractivity contribution in [3.05, 3.63) is 35.1 Å². The van der Waals surface area contributed by atoms with E-state index in [1.165, 1.54) is 0 Å². The molecule has 1 aromatic carbocycles. The first-order valence-corrected chi connectivity index (χ1v) is 8.12. The second kappa shape index (κ2) is 7.10. The summed E-state index contributed by atoms with van der Waals surface area (Å²) < 4.78 is 5.27. The lowest BCUT2D eigenvalue weighted by molar-refractivity contribution is -0.126. The number of amides is 1. The lowest BCUT2D eigenvalue weighted by Crippen LogP contribution is -2.41. The number of halogens is 1. The minimum absolute atomic E-state index is 0.00818. The van der Waals surface area contributed by atoms with Crippen LogP contribution in [-0.2, 0) is 4.79 Å².